The number of piperazine rings is 1. The van der Waals surface area contributed by atoms with Crippen molar-refractivity contribution in [2.75, 3.05) is 20.1 Å². The minimum Gasteiger partial charge on any atom is -0.343 e. The maximum absolute atomic E-state index is 12.1. The van der Waals surface area contributed by atoms with Gasteiger partial charge in [0.15, 0.2) is 0 Å². The van der Waals surface area contributed by atoms with Crippen molar-refractivity contribution in [1.29, 1.82) is 0 Å². The molecule has 0 aromatic heterocycles. The van der Waals surface area contributed by atoms with Crippen LogP contribution in [0.4, 0.5) is 0 Å². The van der Waals surface area contributed by atoms with Crippen LogP contribution < -0.4 is 5.32 Å². The normalized spacial score (nSPS) is 35.3. The Bertz CT molecular complexity index is 235. The summed E-state index contributed by atoms with van der Waals surface area (Å²) in [5.74, 6) is 0.841. The Morgan fingerprint density at radius 1 is 1.43 bits per heavy atom. The lowest BCUT2D eigenvalue weighted by Crippen LogP contribution is -2.64. The Hall–Kier alpha value is -0.570. The molecule has 1 N–H and O–H groups in total. The molecule has 1 amide bonds. The van der Waals surface area contributed by atoms with Gasteiger partial charge >= 0.3 is 0 Å². The van der Waals surface area contributed by atoms with Gasteiger partial charge in [0.1, 0.15) is 0 Å². The predicted octanol–water partition coefficient (Wildman–Crippen LogP) is 0.997. The number of likely N-dealkylation sites (N-methyl/N-ethyl adjacent to an activating group) is 1. The third-order valence-electron chi connectivity index (χ3n) is 3.90. The minimum absolute atomic E-state index is 0.274. The van der Waals surface area contributed by atoms with Crippen molar-refractivity contribution in [3.05, 3.63) is 0 Å². The quantitative estimate of drug-likeness (QED) is 0.678. The number of carbonyl (C=O) groups is 1. The van der Waals surface area contributed by atoms with Crippen molar-refractivity contribution in [3.8, 4) is 0 Å². The van der Waals surface area contributed by atoms with Crippen molar-refractivity contribution >= 4 is 5.91 Å². The highest BCUT2D eigenvalue weighted by Gasteiger charge is 2.45. The van der Waals surface area contributed by atoms with Gasteiger partial charge in [0, 0.05) is 20.1 Å². The Morgan fingerprint density at radius 2 is 2.07 bits per heavy atom. The van der Waals surface area contributed by atoms with Crippen molar-refractivity contribution in [3.63, 3.8) is 0 Å². The minimum atomic E-state index is -0.274. The zero-order valence-electron chi connectivity index (χ0n) is 9.18. The van der Waals surface area contributed by atoms with Crippen LogP contribution >= 0.6 is 0 Å². The molecule has 0 aromatic rings. The Balaban J connectivity index is 2.15. The zero-order valence-corrected chi connectivity index (χ0v) is 9.18. The number of nitrogens with zero attached hydrogens (tertiary/aromatic N) is 1. The molecule has 1 aliphatic heterocycles. The number of amides is 1. The molecule has 14 heavy (non-hydrogen) atoms. The summed E-state index contributed by atoms with van der Waals surface area (Å²) in [5.41, 5.74) is -0.274. The average Bonchev–Trinajstić information content (AvgIpc) is 2.67. The number of hydrogen-bond acceptors (Lipinski definition) is 2. The second-order valence-electron chi connectivity index (χ2n) is 4.84. The number of nitrogens with one attached hydrogen (secondary N) is 1. The van der Waals surface area contributed by atoms with Gasteiger partial charge in [-0.2, -0.15) is 0 Å². The molecule has 1 aliphatic carbocycles. The van der Waals surface area contributed by atoms with Crippen LogP contribution in [0.15, 0.2) is 0 Å². The number of hydrogen-bond donors (Lipinski definition) is 1. The molecule has 2 fully saturated rings. The van der Waals surface area contributed by atoms with E-state index in [1.807, 2.05) is 11.9 Å². The van der Waals surface area contributed by atoms with E-state index in [0.29, 0.717) is 5.92 Å². The topological polar surface area (TPSA) is 32.3 Å². The molecular formula is C11H20N2O. The molecule has 0 spiro atoms. The molecule has 2 aliphatic rings. The van der Waals surface area contributed by atoms with Gasteiger partial charge in [-0.15, -0.1) is 0 Å². The van der Waals surface area contributed by atoms with E-state index in [2.05, 4.69) is 12.2 Å². The molecule has 3 nitrogen and oxygen atoms in total. The third-order valence-corrected chi connectivity index (χ3v) is 3.90. The van der Waals surface area contributed by atoms with Gasteiger partial charge in [-0.05, 0) is 25.7 Å². The maximum atomic E-state index is 12.1. The molecule has 2 rings (SSSR count). The smallest absolute Gasteiger partial charge is 0.242 e. The van der Waals surface area contributed by atoms with E-state index < -0.39 is 0 Å². The van der Waals surface area contributed by atoms with Crippen molar-refractivity contribution < 1.29 is 4.79 Å². The van der Waals surface area contributed by atoms with Crippen molar-refractivity contribution in [2.45, 2.75) is 38.1 Å². The van der Waals surface area contributed by atoms with Gasteiger partial charge in [0.05, 0.1) is 5.54 Å². The molecule has 80 valence electrons. The molecule has 3 heteroatoms. The highest BCUT2D eigenvalue weighted by molar-refractivity contribution is 5.87. The van der Waals surface area contributed by atoms with Crippen LogP contribution in [-0.2, 0) is 4.79 Å². The fourth-order valence-corrected chi connectivity index (χ4v) is 2.88. The van der Waals surface area contributed by atoms with Gasteiger partial charge in [0.2, 0.25) is 5.91 Å². The fourth-order valence-electron chi connectivity index (χ4n) is 2.88. The second-order valence-corrected chi connectivity index (χ2v) is 4.84. The van der Waals surface area contributed by atoms with Gasteiger partial charge in [0.25, 0.3) is 0 Å². The lowest BCUT2D eigenvalue weighted by atomic mass is 9.82. The first-order chi connectivity index (χ1) is 6.64. The highest BCUT2D eigenvalue weighted by Crippen LogP contribution is 2.35. The summed E-state index contributed by atoms with van der Waals surface area (Å²) in [6, 6.07) is 0. The highest BCUT2D eigenvalue weighted by atomic mass is 16.2. The lowest BCUT2D eigenvalue weighted by Gasteiger charge is -2.42. The molecule has 0 aromatic carbocycles. The fraction of sp³-hybridized carbons (Fsp3) is 0.909. The van der Waals surface area contributed by atoms with Crippen molar-refractivity contribution in [1.82, 2.24) is 10.2 Å². The van der Waals surface area contributed by atoms with Gasteiger partial charge in [-0.25, -0.2) is 0 Å². The molecule has 1 atom stereocenters. The molecular weight excluding hydrogens is 176 g/mol. The Morgan fingerprint density at radius 3 is 2.71 bits per heavy atom. The predicted molar refractivity (Wildman–Crippen MR) is 56.0 cm³/mol. The number of carbonyl (C=O) groups excluding carboxylic acids is 1. The Kier molecular flexibility index (Phi) is 2.52. The standard InChI is InChI=1S/C11H20N2O/c1-11(9-5-3-4-6-9)10(14)13(2)8-7-12-11/h9,12H,3-8H2,1-2H3. The summed E-state index contributed by atoms with van der Waals surface area (Å²) in [6.45, 7) is 3.87. The van der Waals surface area contributed by atoms with E-state index in [1.165, 1.54) is 25.7 Å². The SMILES string of the molecule is CN1CCNC(C)(C2CCCC2)C1=O. The van der Waals surface area contributed by atoms with Crippen LogP contribution in [0.3, 0.4) is 0 Å². The molecule has 1 saturated carbocycles. The van der Waals surface area contributed by atoms with Crippen molar-refractivity contribution in [2.24, 2.45) is 5.92 Å². The van der Waals surface area contributed by atoms with Gasteiger partial charge < -0.3 is 10.2 Å². The van der Waals surface area contributed by atoms with Crippen LogP contribution in [0.5, 0.6) is 0 Å². The summed E-state index contributed by atoms with van der Waals surface area (Å²) >= 11 is 0. The Labute approximate surface area is 85.8 Å². The molecule has 1 saturated heterocycles. The van der Waals surface area contributed by atoms with Crippen LogP contribution in [0.2, 0.25) is 0 Å². The van der Waals surface area contributed by atoms with Crippen LogP contribution in [0.25, 0.3) is 0 Å². The largest absolute Gasteiger partial charge is 0.343 e. The average molecular weight is 196 g/mol. The monoisotopic (exact) mass is 196 g/mol. The van der Waals surface area contributed by atoms with Gasteiger partial charge in [-0.3, -0.25) is 4.79 Å². The number of rotatable bonds is 1. The molecule has 0 radical (unpaired) electrons. The third kappa shape index (κ3) is 1.44. The summed E-state index contributed by atoms with van der Waals surface area (Å²) in [5, 5.41) is 3.43. The second kappa shape index (κ2) is 3.54. The van der Waals surface area contributed by atoms with E-state index in [9.17, 15) is 4.79 Å². The van der Waals surface area contributed by atoms with Gasteiger partial charge in [-0.1, -0.05) is 12.8 Å². The van der Waals surface area contributed by atoms with E-state index >= 15 is 0 Å². The van der Waals surface area contributed by atoms with Crippen LogP contribution in [0, 0.1) is 5.92 Å². The van der Waals surface area contributed by atoms with E-state index in [4.69, 9.17) is 0 Å². The lowest BCUT2D eigenvalue weighted by molar-refractivity contribution is -0.141. The summed E-state index contributed by atoms with van der Waals surface area (Å²) in [6.07, 6.45) is 5.00. The maximum Gasteiger partial charge on any atom is 0.242 e. The summed E-state index contributed by atoms with van der Waals surface area (Å²) in [7, 11) is 1.91. The first-order valence-electron chi connectivity index (χ1n) is 5.65. The van der Waals surface area contributed by atoms with E-state index in [1.54, 1.807) is 0 Å². The summed E-state index contributed by atoms with van der Waals surface area (Å²) < 4.78 is 0. The zero-order chi connectivity index (χ0) is 10.2. The summed E-state index contributed by atoms with van der Waals surface area (Å²) in [4.78, 5) is 14.0. The van der Waals surface area contributed by atoms with Crippen LogP contribution in [0.1, 0.15) is 32.6 Å². The van der Waals surface area contributed by atoms with E-state index in [-0.39, 0.29) is 11.4 Å². The molecule has 1 unspecified atom stereocenters. The van der Waals surface area contributed by atoms with Crippen LogP contribution in [-0.4, -0.2) is 36.5 Å². The first kappa shape index (κ1) is 9.97. The first-order valence-corrected chi connectivity index (χ1v) is 5.65. The molecule has 0 bridgehead atoms. The molecule has 1 heterocycles. The van der Waals surface area contributed by atoms with E-state index in [0.717, 1.165) is 13.1 Å².